The topological polar surface area (TPSA) is 12.4 Å². The Bertz CT molecular complexity index is 56.7. The third-order valence-electron chi connectivity index (χ3n) is 0.199. The van der Waals surface area contributed by atoms with Crippen molar-refractivity contribution in [3.8, 4) is 0 Å². The first-order valence-corrected chi connectivity index (χ1v) is 3.27. The summed E-state index contributed by atoms with van der Waals surface area (Å²) in [4.78, 5) is 0. The Morgan fingerprint density at radius 2 is 2.60 bits per heavy atom. The zero-order valence-electron chi connectivity index (χ0n) is 3.01. The summed E-state index contributed by atoms with van der Waals surface area (Å²) in [6, 6.07) is 0. The van der Waals surface area contributed by atoms with Crippen LogP contribution >= 0.6 is 7.15 Å². The number of hydrogen-bond acceptors (Lipinski definition) is 2. The molecule has 0 unspecified atom stereocenters. The SMILES string of the molecule is CCN=[P+]=S. The maximum absolute atomic E-state index is 4.46. The molecule has 28 valence electrons. The van der Waals surface area contributed by atoms with Crippen molar-refractivity contribution in [3.63, 3.8) is 0 Å². The molecule has 0 rings (SSSR count). The van der Waals surface area contributed by atoms with E-state index in [1.165, 1.54) is 0 Å². The van der Waals surface area contributed by atoms with Gasteiger partial charge in [0.05, 0.1) is 0 Å². The van der Waals surface area contributed by atoms with E-state index in [4.69, 9.17) is 0 Å². The van der Waals surface area contributed by atoms with Crippen LogP contribution in [-0.2, 0) is 11.8 Å². The molecule has 0 saturated heterocycles. The zero-order chi connectivity index (χ0) is 4.12. The van der Waals surface area contributed by atoms with Gasteiger partial charge in [-0.25, -0.2) is 0 Å². The van der Waals surface area contributed by atoms with Crippen LogP contribution in [0.15, 0.2) is 4.74 Å². The van der Waals surface area contributed by atoms with E-state index in [1.807, 2.05) is 6.92 Å². The number of nitrogens with zero attached hydrogens (tertiary/aromatic N) is 1. The summed E-state index contributed by atoms with van der Waals surface area (Å²) >= 11 is 4.46. The van der Waals surface area contributed by atoms with Gasteiger partial charge < -0.3 is 0 Å². The summed E-state index contributed by atoms with van der Waals surface area (Å²) in [5.41, 5.74) is 0. The summed E-state index contributed by atoms with van der Waals surface area (Å²) in [6.45, 7) is 2.82. The molecule has 0 spiro atoms. The number of hydrogen-bond donors (Lipinski definition) is 0. The van der Waals surface area contributed by atoms with E-state index in [-0.39, 0.29) is 0 Å². The molecule has 5 heavy (non-hydrogen) atoms. The van der Waals surface area contributed by atoms with E-state index in [1.54, 1.807) is 0 Å². The quantitative estimate of drug-likeness (QED) is 0.462. The fraction of sp³-hybridized carbons (Fsp3) is 1.00. The Hall–Kier alpha value is 0.450. The normalized spacial score (nSPS) is 6.60. The summed E-state index contributed by atoms with van der Waals surface area (Å²) in [6.07, 6.45) is 0. The van der Waals surface area contributed by atoms with Crippen LogP contribution < -0.4 is 0 Å². The molecule has 0 bridgehead atoms. The predicted molar refractivity (Wildman–Crippen MR) is 27.3 cm³/mol. The third kappa shape index (κ3) is 4.45. The van der Waals surface area contributed by atoms with Crippen molar-refractivity contribution in [1.82, 2.24) is 0 Å². The van der Waals surface area contributed by atoms with Crippen LogP contribution in [0.2, 0.25) is 0 Å². The minimum atomic E-state index is 0.738. The van der Waals surface area contributed by atoms with Gasteiger partial charge in [-0.15, -0.1) is 0 Å². The maximum atomic E-state index is 4.46. The van der Waals surface area contributed by atoms with Crippen molar-refractivity contribution >= 4 is 19.0 Å². The zero-order valence-corrected chi connectivity index (χ0v) is 4.72. The molecule has 0 saturated carbocycles. The van der Waals surface area contributed by atoms with Crippen LogP contribution in [0.25, 0.3) is 0 Å². The second-order valence-electron chi connectivity index (χ2n) is 0.539. The van der Waals surface area contributed by atoms with Crippen LogP contribution in [0.3, 0.4) is 0 Å². The molecule has 0 amide bonds. The van der Waals surface area contributed by atoms with Gasteiger partial charge in [-0.2, -0.15) is 0 Å². The van der Waals surface area contributed by atoms with E-state index in [0.717, 1.165) is 13.7 Å². The van der Waals surface area contributed by atoms with Gasteiger partial charge in [-0.3, -0.25) is 0 Å². The molecule has 3 heteroatoms. The molecule has 0 aliphatic carbocycles. The molecular formula is C2H5NPS+. The monoisotopic (exact) mass is 106 g/mol. The molecular weight excluding hydrogens is 101 g/mol. The molecule has 0 aromatic carbocycles. The Kier molecular flexibility index (Phi) is 4.85. The van der Waals surface area contributed by atoms with Gasteiger partial charge in [0.15, 0.2) is 0 Å². The summed E-state index contributed by atoms with van der Waals surface area (Å²) in [5, 5.41) is 0. The van der Waals surface area contributed by atoms with Crippen molar-refractivity contribution in [1.29, 1.82) is 0 Å². The molecule has 0 N–H and O–H groups in total. The second kappa shape index (κ2) is 4.45. The van der Waals surface area contributed by atoms with Crippen molar-refractivity contribution in [2.75, 3.05) is 6.54 Å². The van der Waals surface area contributed by atoms with Crippen molar-refractivity contribution in [2.24, 2.45) is 4.74 Å². The molecule has 0 aliphatic rings. The average molecular weight is 106 g/mol. The standard InChI is InChI=1S/C2H5NPS/c1-2-3-4-5/h2H2,1H3/q+1. The first kappa shape index (κ1) is 5.45. The Labute approximate surface area is 38.0 Å². The Morgan fingerprint density at radius 1 is 2.00 bits per heavy atom. The fourth-order valence-corrected chi connectivity index (χ4v) is 0.520. The summed E-state index contributed by atoms with van der Waals surface area (Å²) < 4.78 is 3.76. The van der Waals surface area contributed by atoms with Crippen molar-refractivity contribution < 1.29 is 0 Å². The van der Waals surface area contributed by atoms with Gasteiger partial charge in [0.1, 0.15) is 0 Å². The van der Waals surface area contributed by atoms with Gasteiger partial charge in [0.25, 0.3) is 0 Å². The molecule has 0 heterocycles. The first-order valence-electron chi connectivity index (χ1n) is 1.41. The average Bonchev–Trinajstić information content (AvgIpc) is 1.41. The van der Waals surface area contributed by atoms with Crippen LogP contribution in [0.1, 0.15) is 6.92 Å². The van der Waals surface area contributed by atoms with Crippen LogP contribution in [0.4, 0.5) is 0 Å². The van der Waals surface area contributed by atoms with Gasteiger partial charge in [0.2, 0.25) is 0 Å². The van der Waals surface area contributed by atoms with Gasteiger partial charge >= 0.3 is 37.2 Å². The third-order valence-corrected chi connectivity index (χ3v) is 0.944. The van der Waals surface area contributed by atoms with Gasteiger partial charge in [-0.1, -0.05) is 0 Å². The van der Waals surface area contributed by atoms with E-state index in [2.05, 4.69) is 16.6 Å². The van der Waals surface area contributed by atoms with E-state index < -0.39 is 0 Å². The molecule has 0 aliphatic heterocycles. The summed E-state index contributed by atoms with van der Waals surface area (Å²) in [7, 11) is 0.738. The fourth-order valence-electron chi connectivity index (χ4n) is 0.0577. The van der Waals surface area contributed by atoms with Crippen molar-refractivity contribution in [3.05, 3.63) is 0 Å². The Balaban J connectivity index is 2.93. The molecule has 0 aromatic rings. The summed E-state index contributed by atoms with van der Waals surface area (Å²) in [5.74, 6) is 0. The van der Waals surface area contributed by atoms with E-state index >= 15 is 0 Å². The van der Waals surface area contributed by atoms with Crippen molar-refractivity contribution in [2.45, 2.75) is 6.92 Å². The van der Waals surface area contributed by atoms with Crippen LogP contribution in [0.5, 0.6) is 0 Å². The van der Waals surface area contributed by atoms with E-state index in [9.17, 15) is 0 Å². The van der Waals surface area contributed by atoms with Gasteiger partial charge in [0, 0.05) is 0 Å². The Morgan fingerprint density at radius 3 is 2.60 bits per heavy atom. The molecule has 0 fully saturated rings. The molecule has 0 aromatic heterocycles. The van der Waals surface area contributed by atoms with Crippen LogP contribution in [0, 0.1) is 0 Å². The minimum absolute atomic E-state index is 0.738. The first-order chi connectivity index (χ1) is 2.41. The predicted octanol–water partition coefficient (Wildman–Crippen LogP) is 1.60. The molecule has 0 atom stereocenters. The van der Waals surface area contributed by atoms with Gasteiger partial charge in [-0.05, 0) is 0 Å². The second-order valence-corrected chi connectivity index (χ2v) is 1.48. The van der Waals surface area contributed by atoms with E-state index in [0.29, 0.717) is 0 Å². The molecule has 0 radical (unpaired) electrons. The number of rotatable bonds is 1. The van der Waals surface area contributed by atoms with Crippen LogP contribution in [-0.4, -0.2) is 6.54 Å². The molecule has 1 nitrogen and oxygen atoms in total.